The zero-order valence-electron chi connectivity index (χ0n) is 9.89. The molecule has 0 bridgehead atoms. The number of azide groups is 1. The fraction of sp³-hybridized carbons (Fsp3) is 0.182. The van der Waals surface area contributed by atoms with Gasteiger partial charge in [-0.3, -0.25) is 9.79 Å². The molecule has 7 nitrogen and oxygen atoms in total. The summed E-state index contributed by atoms with van der Waals surface area (Å²) >= 11 is 0. The third-order valence-corrected chi connectivity index (χ3v) is 1.91. The number of carbonyl (C=O) groups excluding carboxylic acids is 1. The lowest BCUT2D eigenvalue weighted by Gasteiger charge is -1.95. The van der Waals surface area contributed by atoms with Gasteiger partial charge in [-0.25, -0.2) is 4.98 Å². The summed E-state index contributed by atoms with van der Waals surface area (Å²) in [5.74, 6) is -0.632. The molecule has 0 aliphatic rings. The summed E-state index contributed by atoms with van der Waals surface area (Å²) < 4.78 is 1.80. The normalized spacial score (nSPS) is 11.3. The molecular formula is C11H12N6O. The second-order valence-electron chi connectivity index (χ2n) is 3.34. The summed E-state index contributed by atoms with van der Waals surface area (Å²) in [4.78, 5) is 21.4. The first-order chi connectivity index (χ1) is 8.67. The average molecular weight is 244 g/mol. The van der Waals surface area contributed by atoms with Crippen LogP contribution in [0.5, 0.6) is 0 Å². The molecular weight excluding hydrogens is 232 g/mol. The molecule has 0 aliphatic heterocycles. The molecule has 0 saturated carbocycles. The molecule has 0 radical (unpaired) electrons. The van der Waals surface area contributed by atoms with Crippen molar-refractivity contribution in [1.29, 1.82) is 0 Å². The van der Waals surface area contributed by atoms with E-state index in [4.69, 9.17) is 5.53 Å². The van der Waals surface area contributed by atoms with Gasteiger partial charge in [0, 0.05) is 29.9 Å². The lowest BCUT2D eigenvalue weighted by atomic mass is 10.2. The summed E-state index contributed by atoms with van der Waals surface area (Å²) in [5.41, 5.74) is 9.50. The van der Waals surface area contributed by atoms with Crippen LogP contribution in [0.25, 0.3) is 16.0 Å². The van der Waals surface area contributed by atoms with Crippen molar-refractivity contribution in [3.05, 3.63) is 47.4 Å². The zero-order valence-corrected chi connectivity index (χ0v) is 9.89. The van der Waals surface area contributed by atoms with E-state index in [1.54, 1.807) is 23.0 Å². The maximum atomic E-state index is 10.9. The number of hydrogen-bond donors (Lipinski definition) is 0. The Morgan fingerprint density at radius 1 is 1.72 bits per heavy atom. The fourth-order valence-electron chi connectivity index (χ4n) is 1.19. The molecule has 1 amide bonds. The Morgan fingerprint density at radius 2 is 2.50 bits per heavy atom. The van der Waals surface area contributed by atoms with E-state index in [2.05, 4.69) is 26.6 Å². The summed E-state index contributed by atoms with van der Waals surface area (Å²) in [6.07, 6.45) is 8.30. The predicted molar refractivity (Wildman–Crippen MR) is 68.9 cm³/mol. The molecule has 18 heavy (non-hydrogen) atoms. The van der Waals surface area contributed by atoms with Gasteiger partial charge in [0.25, 0.3) is 0 Å². The minimum atomic E-state index is -0.632. The van der Waals surface area contributed by atoms with Gasteiger partial charge in [-0.2, -0.15) is 0 Å². The van der Waals surface area contributed by atoms with Crippen LogP contribution in [0.1, 0.15) is 5.69 Å². The molecule has 0 unspecified atom stereocenters. The molecule has 92 valence electrons. The molecule has 0 N–H and O–H groups in total. The quantitative estimate of drug-likeness (QED) is 0.260. The van der Waals surface area contributed by atoms with E-state index in [0.717, 1.165) is 11.3 Å². The second kappa shape index (κ2) is 6.82. The SMILES string of the molecule is C=C/C=C(\C=N/CC(=O)N=[N+]=[N-])c1cn(C)cn1. The minimum absolute atomic E-state index is 0.189. The lowest BCUT2D eigenvalue weighted by Crippen LogP contribution is -1.97. The summed E-state index contributed by atoms with van der Waals surface area (Å²) in [5, 5.41) is 2.91. The van der Waals surface area contributed by atoms with Crippen molar-refractivity contribution in [2.75, 3.05) is 6.54 Å². The highest BCUT2D eigenvalue weighted by Crippen LogP contribution is 2.09. The van der Waals surface area contributed by atoms with E-state index < -0.39 is 5.91 Å². The number of carbonyl (C=O) groups is 1. The highest BCUT2D eigenvalue weighted by Gasteiger charge is 2.01. The van der Waals surface area contributed by atoms with Gasteiger partial charge >= 0.3 is 0 Å². The Morgan fingerprint density at radius 3 is 3.06 bits per heavy atom. The van der Waals surface area contributed by atoms with E-state index in [-0.39, 0.29) is 6.54 Å². The van der Waals surface area contributed by atoms with Crippen LogP contribution < -0.4 is 0 Å². The largest absolute Gasteiger partial charge is 0.340 e. The van der Waals surface area contributed by atoms with E-state index in [0.29, 0.717) is 0 Å². The van der Waals surface area contributed by atoms with E-state index in [9.17, 15) is 4.79 Å². The van der Waals surface area contributed by atoms with Crippen molar-refractivity contribution in [3.63, 3.8) is 0 Å². The van der Waals surface area contributed by atoms with Crippen molar-refractivity contribution >= 4 is 17.7 Å². The van der Waals surface area contributed by atoms with Crippen LogP contribution in [-0.4, -0.2) is 28.2 Å². The number of allylic oxidation sites excluding steroid dienone is 3. The van der Waals surface area contributed by atoms with Crippen molar-refractivity contribution in [2.24, 2.45) is 17.2 Å². The number of amides is 1. The van der Waals surface area contributed by atoms with E-state index in [1.807, 2.05) is 13.2 Å². The Bertz CT molecular complexity index is 548. The molecule has 1 aromatic rings. The third-order valence-electron chi connectivity index (χ3n) is 1.91. The predicted octanol–water partition coefficient (Wildman–Crippen LogP) is 1.90. The number of nitrogens with zero attached hydrogens (tertiary/aromatic N) is 6. The monoisotopic (exact) mass is 244 g/mol. The molecule has 0 aromatic carbocycles. The van der Waals surface area contributed by atoms with E-state index >= 15 is 0 Å². The van der Waals surface area contributed by atoms with Crippen molar-refractivity contribution in [1.82, 2.24) is 9.55 Å². The highest BCUT2D eigenvalue weighted by molar-refractivity contribution is 6.09. The van der Waals surface area contributed by atoms with Crippen LogP contribution in [0.4, 0.5) is 0 Å². The lowest BCUT2D eigenvalue weighted by molar-refractivity contribution is -0.116. The molecule has 0 atom stereocenters. The minimum Gasteiger partial charge on any atom is -0.340 e. The second-order valence-corrected chi connectivity index (χ2v) is 3.34. The van der Waals surface area contributed by atoms with Crippen molar-refractivity contribution in [2.45, 2.75) is 0 Å². The van der Waals surface area contributed by atoms with Gasteiger partial charge in [0.1, 0.15) is 6.54 Å². The smallest absolute Gasteiger partial charge is 0.240 e. The molecule has 0 spiro atoms. The maximum absolute atomic E-state index is 10.9. The molecule has 1 aromatic heterocycles. The van der Waals surface area contributed by atoms with Crippen LogP contribution >= 0.6 is 0 Å². The Balaban J connectivity index is 2.79. The van der Waals surface area contributed by atoms with Gasteiger partial charge in [0.2, 0.25) is 5.91 Å². The third kappa shape index (κ3) is 4.07. The number of aromatic nitrogens is 2. The Hall–Kier alpha value is -2.66. The summed E-state index contributed by atoms with van der Waals surface area (Å²) in [6.45, 7) is 3.41. The molecule has 7 heteroatoms. The standard InChI is InChI=1S/C11H12N6O/c1-3-4-9(10-7-17(2)8-14-10)5-13-6-11(18)15-16-12/h3-5,7-8H,1,6H2,2H3/b9-4+,13-5-. The Labute approximate surface area is 104 Å². The van der Waals surface area contributed by atoms with Gasteiger partial charge in [0.05, 0.1) is 12.0 Å². The van der Waals surface area contributed by atoms with Crippen molar-refractivity contribution in [3.8, 4) is 0 Å². The van der Waals surface area contributed by atoms with Gasteiger partial charge in [-0.15, -0.1) is 0 Å². The van der Waals surface area contributed by atoms with Crippen LogP contribution in [0, 0.1) is 0 Å². The number of imidazole rings is 1. The fourth-order valence-corrected chi connectivity index (χ4v) is 1.19. The van der Waals surface area contributed by atoms with Gasteiger partial charge in [0.15, 0.2) is 0 Å². The van der Waals surface area contributed by atoms with Gasteiger partial charge in [-0.05, 0) is 10.6 Å². The molecule has 1 rings (SSSR count). The molecule has 0 fully saturated rings. The van der Waals surface area contributed by atoms with Crippen LogP contribution in [0.2, 0.25) is 0 Å². The first kappa shape index (κ1) is 13.4. The number of rotatable bonds is 5. The maximum Gasteiger partial charge on any atom is 0.240 e. The van der Waals surface area contributed by atoms with Gasteiger partial charge in [-0.1, -0.05) is 18.7 Å². The first-order valence-corrected chi connectivity index (χ1v) is 5.06. The summed E-state index contributed by atoms with van der Waals surface area (Å²) in [7, 11) is 1.85. The average Bonchev–Trinajstić information content (AvgIpc) is 2.75. The molecule has 0 aliphatic carbocycles. The van der Waals surface area contributed by atoms with Crippen molar-refractivity contribution < 1.29 is 4.79 Å². The number of aryl methyl sites for hydroxylation is 1. The van der Waals surface area contributed by atoms with E-state index in [1.165, 1.54) is 6.21 Å². The highest BCUT2D eigenvalue weighted by atomic mass is 16.1. The van der Waals surface area contributed by atoms with Crippen LogP contribution in [0.3, 0.4) is 0 Å². The van der Waals surface area contributed by atoms with Crippen LogP contribution in [0.15, 0.2) is 41.4 Å². The Kier molecular flexibility index (Phi) is 5.08. The molecule has 1 heterocycles. The van der Waals surface area contributed by atoms with Gasteiger partial charge < -0.3 is 4.57 Å². The number of hydrogen-bond acceptors (Lipinski definition) is 3. The summed E-state index contributed by atoms with van der Waals surface area (Å²) in [6, 6.07) is 0. The van der Waals surface area contributed by atoms with Crippen LogP contribution in [-0.2, 0) is 11.8 Å². The zero-order chi connectivity index (χ0) is 13.4. The topological polar surface area (TPSA) is 96.0 Å². The molecule has 0 saturated heterocycles. The number of aliphatic imine (C=N–C) groups is 1. The first-order valence-electron chi connectivity index (χ1n) is 5.06.